The van der Waals surface area contributed by atoms with Gasteiger partial charge in [-0.2, -0.15) is 0 Å². The largest absolute Gasteiger partial charge is 0.292 e. The number of nitrogens with zero attached hydrogens (tertiary/aromatic N) is 3. The molecule has 0 saturated carbocycles. The van der Waals surface area contributed by atoms with Crippen molar-refractivity contribution in [2.24, 2.45) is 0 Å². The lowest BCUT2D eigenvalue weighted by molar-refractivity contribution is 0.0983. The van der Waals surface area contributed by atoms with E-state index in [0.717, 1.165) is 16.3 Å². The molecule has 0 amide bonds. The number of carbonyl (C=O) groups excluding carboxylic acids is 1. The number of Topliss-reactive ketones (excluding diaryl/α,β-unsaturated/α-hetero) is 1. The van der Waals surface area contributed by atoms with Gasteiger partial charge in [0, 0.05) is 28.9 Å². The Kier molecular flexibility index (Phi) is 4.27. The van der Waals surface area contributed by atoms with E-state index in [-0.39, 0.29) is 5.78 Å². The Morgan fingerprint density at radius 3 is 2.42 bits per heavy atom. The molecule has 2 rings (SSSR count). The minimum atomic E-state index is 0.0548. The van der Waals surface area contributed by atoms with Gasteiger partial charge in [-0.25, -0.2) is 9.97 Å². The van der Waals surface area contributed by atoms with Crippen LogP contribution in [0.25, 0.3) is 0 Å². The van der Waals surface area contributed by atoms with E-state index < -0.39 is 0 Å². The minimum absolute atomic E-state index is 0.0548. The van der Waals surface area contributed by atoms with Crippen molar-refractivity contribution in [2.75, 3.05) is 0 Å². The molecule has 2 heterocycles. The predicted octanol–water partition coefficient (Wildman–Crippen LogP) is 3.23. The van der Waals surface area contributed by atoms with Gasteiger partial charge in [0.2, 0.25) is 0 Å². The molecule has 0 aliphatic heterocycles. The second-order valence-corrected chi connectivity index (χ2v) is 5.23. The summed E-state index contributed by atoms with van der Waals surface area (Å²) in [6.07, 6.45) is 2.16. The highest BCUT2D eigenvalue weighted by Gasteiger charge is 2.06. The van der Waals surface area contributed by atoms with Crippen LogP contribution in [-0.2, 0) is 0 Å². The van der Waals surface area contributed by atoms with E-state index in [9.17, 15) is 4.79 Å². The highest BCUT2D eigenvalue weighted by Crippen LogP contribution is 2.24. The number of carbonyl (C=O) groups is 1. The zero-order valence-corrected chi connectivity index (χ0v) is 12.0. The van der Waals surface area contributed by atoms with Gasteiger partial charge < -0.3 is 0 Å². The number of pyridine rings is 1. The zero-order chi connectivity index (χ0) is 13.8. The molecule has 98 valence electrons. The second-order valence-electron chi connectivity index (χ2n) is 4.19. The molecule has 0 N–H and O–H groups in total. The van der Waals surface area contributed by atoms with Crippen LogP contribution in [0.5, 0.6) is 0 Å². The first-order chi connectivity index (χ1) is 9.08. The maximum absolute atomic E-state index is 11.5. The first-order valence-electron chi connectivity index (χ1n) is 6.08. The van der Waals surface area contributed by atoms with Gasteiger partial charge in [-0.3, -0.25) is 9.78 Å². The van der Waals surface area contributed by atoms with Crippen LogP contribution in [0, 0.1) is 13.8 Å². The summed E-state index contributed by atoms with van der Waals surface area (Å²) in [5, 5.41) is 0.703. The lowest BCUT2D eigenvalue weighted by atomic mass is 10.2. The molecular formula is C14H15N3OS. The molecule has 0 aromatic carbocycles. The Balaban J connectivity index is 2.17. The van der Waals surface area contributed by atoms with Crippen LogP contribution >= 0.6 is 11.8 Å². The molecule has 2 aromatic rings. The summed E-state index contributed by atoms with van der Waals surface area (Å²) in [4.78, 5) is 25.3. The molecule has 0 unspecified atom stereocenters. The summed E-state index contributed by atoms with van der Waals surface area (Å²) < 4.78 is 0. The van der Waals surface area contributed by atoms with Crippen molar-refractivity contribution >= 4 is 17.5 Å². The maximum Gasteiger partial charge on any atom is 0.192 e. The maximum atomic E-state index is 11.5. The van der Waals surface area contributed by atoms with Crippen LogP contribution < -0.4 is 0 Å². The number of aryl methyl sites for hydroxylation is 2. The van der Waals surface area contributed by atoms with Gasteiger partial charge >= 0.3 is 0 Å². The molecule has 0 aliphatic rings. The molecule has 0 spiro atoms. The van der Waals surface area contributed by atoms with Crippen LogP contribution in [-0.4, -0.2) is 20.7 Å². The van der Waals surface area contributed by atoms with Gasteiger partial charge in [-0.05, 0) is 43.8 Å². The van der Waals surface area contributed by atoms with Gasteiger partial charge in [-0.1, -0.05) is 6.92 Å². The summed E-state index contributed by atoms with van der Waals surface area (Å²) in [6, 6.07) is 5.56. The van der Waals surface area contributed by atoms with E-state index in [1.807, 2.05) is 32.9 Å². The van der Waals surface area contributed by atoms with E-state index in [1.165, 1.54) is 11.8 Å². The minimum Gasteiger partial charge on any atom is -0.292 e. The second kappa shape index (κ2) is 5.93. The number of aromatic nitrogens is 3. The summed E-state index contributed by atoms with van der Waals surface area (Å²) in [6.45, 7) is 5.72. The standard InChI is InChI=1S/C14H15N3OS/c1-4-13(18)12-6-5-11(8-15-12)19-14-16-9(2)7-10(3)17-14/h5-8H,4H2,1-3H3. The molecule has 19 heavy (non-hydrogen) atoms. The highest BCUT2D eigenvalue weighted by atomic mass is 32.2. The van der Waals surface area contributed by atoms with Crippen molar-refractivity contribution in [3.63, 3.8) is 0 Å². The van der Waals surface area contributed by atoms with Crippen LogP contribution in [0.2, 0.25) is 0 Å². The van der Waals surface area contributed by atoms with E-state index in [1.54, 1.807) is 12.3 Å². The summed E-state index contributed by atoms with van der Waals surface area (Å²) >= 11 is 1.45. The van der Waals surface area contributed by atoms with Crippen LogP contribution in [0.3, 0.4) is 0 Å². The van der Waals surface area contributed by atoms with Gasteiger partial charge in [0.15, 0.2) is 10.9 Å². The van der Waals surface area contributed by atoms with Crippen LogP contribution in [0.15, 0.2) is 34.4 Å². The number of hydrogen-bond acceptors (Lipinski definition) is 5. The van der Waals surface area contributed by atoms with Crippen LogP contribution in [0.1, 0.15) is 35.2 Å². The Morgan fingerprint density at radius 1 is 1.21 bits per heavy atom. The monoisotopic (exact) mass is 273 g/mol. The fourth-order valence-corrected chi connectivity index (χ4v) is 2.46. The van der Waals surface area contributed by atoms with Gasteiger partial charge in [0.25, 0.3) is 0 Å². The molecule has 0 fully saturated rings. The molecule has 0 atom stereocenters. The molecular weight excluding hydrogens is 258 g/mol. The topological polar surface area (TPSA) is 55.7 Å². The molecule has 4 nitrogen and oxygen atoms in total. The van der Waals surface area contributed by atoms with E-state index in [0.29, 0.717) is 17.3 Å². The lowest BCUT2D eigenvalue weighted by Crippen LogP contribution is -1.99. The fraction of sp³-hybridized carbons (Fsp3) is 0.286. The smallest absolute Gasteiger partial charge is 0.192 e. The van der Waals surface area contributed by atoms with Crippen LogP contribution in [0.4, 0.5) is 0 Å². The number of rotatable bonds is 4. The van der Waals surface area contributed by atoms with Crippen molar-refractivity contribution in [3.8, 4) is 0 Å². The van der Waals surface area contributed by atoms with E-state index >= 15 is 0 Å². The average molecular weight is 273 g/mol. The SMILES string of the molecule is CCC(=O)c1ccc(Sc2nc(C)cc(C)n2)cn1. The first kappa shape index (κ1) is 13.7. The zero-order valence-electron chi connectivity index (χ0n) is 11.2. The van der Waals surface area contributed by atoms with Crippen molar-refractivity contribution in [1.82, 2.24) is 15.0 Å². The van der Waals surface area contributed by atoms with Gasteiger partial charge in [0.1, 0.15) is 5.69 Å². The third kappa shape index (κ3) is 3.61. The quantitative estimate of drug-likeness (QED) is 0.632. The van der Waals surface area contributed by atoms with Crippen molar-refractivity contribution in [2.45, 2.75) is 37.2 Å². The molecule has 0 bridgehead atoms. The normalized spacial score (nSPS) is 10.5. The van der Waals surface area contributed by atoms with Crippen molar-refractivity contribution < 1.29 is 4.79 Å². The van der Waals surface area contributed by atoms with E-state index in [2.05, 4.69) is 15.0 Å². The Morgan fingerprint density at radius 2 is 1.89 bits per heavy atom. The van der Waals surface area contributed by atoms with Crippen molar-refractivity contribution in [3.05, 3.63) is 41.5 Å². The molecule has 5 heteroatoms. The molecule has 2 aromatic heterocycles. The van der Waals surface area contributed by atoms with Gasteiger partial charge in [-0.15, -0.1) is 0 Å². The highest BCUT2D eigenvalue weighted by molar-refractivity contribution is 7.99. The molecule has 0 aliphatic carbocycles. The van der Waals surface area contributed by atoms with Gasteiger partial charge in [0.05, 0.1) is 0 Å². The summed E-state index contributed by atoms with van der Waals surface area (Å²) in [5.41, 5.74) is 2.40. The van der Waals surface area contributed by atoms with Crippen molar-refractivity contribution in [1.29, 1.82) is 0 Å². The first-order valence-corrected chi connectivity index (χ1v) is 6.89. The third-order valence-corrected chi connectivity index (χ3v) is 3.36. The molecule has 0 radical (unpaired) electrons. The Bertz CT molecular complexity index is 576. The summed E-state index contributed by atoms with van der Waals surface area (Å²) in [7, 11) is 0. The number of ketones is 1. The molecule has 0 saturated heterocycles. The fourth-order valence-electron chi connectivity index (χ4n) is 1.63. The third-order valence-electron chi connectivity index (χ3n) is 2.51. The predicted molar refractivity (Wildman–Crippen MR) is 74.5 cm³/mol. The number of hydrogen-bond donors (Lipinski definition) is 0. The summed E-state index contributed by atoms with van der Waals surface area (Å²) in [5.74, 6) is 0.0548. The lowest BCUT2D eigenvalue weighted by Gasteiger charge is -2.03. The average Bonchev–Trinajstić information content (AvgIpc) is 2.37. The van der Waals surface area contributed by atoms with E-state index in [4.69, 9.17) is 0 Å². The Labute approximate surface area is 116 Å². The Hall–Kier alpha value is -1.75.